The van der Waals surface area contributed by atoms with Crippen LogP contribution in [0.15, 0.2) is 0 Å². The average molecular weight is 160 g/mol. The van der Waals surface area contributed by atoms with Crippen molar-refractivity contribution in [2.45, 2.75) is 13.3 Å². The summed E-state index contributed by atoms with van der Waals surface area (Å²) in [6, 6.07) is 0. The third-order valence-electron chi connectivity index (χ3n) is 1.15. The zero-order valence-electron chi connectivity index (χ0n) is 7.14. The van der Waals surface area contributed by atoms with Crippen molar-refractivity contribution < 1.29 is 9.53 Å². The van der Waals surface area contributed by atoms with Crippen LogP contribution >= 0.6 is 0 Å². The first-order chi connectivity index (χ1) is 5.31. The maximum absolute atomic E-state index is 10.7. The molecule has 0 aliphatic carbocycles. The van der Waals surface area contributed by atoms with Crippen LogP contribution in [-0.4, -0.2) is 32.8 Å². The Morgan fingerprint density at radius 1 is 1.45 bits per heavy atom. The number of alkyl carbamates (subject to hydrolysis) is 1. The number of ether oxygens (including phenoxy) is 1. The number of nitrogens with one attached hydrogen (secondary N) is 2. The summed E-state index contributed by atoms with van der Waals surface area (Å²) in [4.78, 5) is 10.7. The Hall–Kier alpha value is -0.770. The normalized spacial score (nSPS) is 9.27. The first kappa shape index (κ1) is 10.2. The van der Waals surface area contributed by atoms with Crippen LogP contribution in [0.25, 0.3) is 0 Å². The van der Waals surface area contributed by atoms with Crippen LogP contribution < -0.4 is 10.6 Å². The molecule has 0 fully saturated rings. The fourth-order valence-electron chi connectivity index (χ4n) is 0.638. The van der Waals surface area contributed by atoms with Gasteiger partial charge < -0.3 is 15.4 Å². The molecule has 0 aliphatic heterocycles. The highest BCUT2D eigenvalue weighted by Gasteiger charge is 1.96. The molecule has 0 bridgehead atoms. The van der Waals surface area contributed by atoms with E-state index >= 15 is 0 Å². The maximum atomic E-state index is 10.7. The predicted octanol–water partition coefficient (Wildman–Crippen LogP) is 0.342. The molecule has 4 heteroatoms. The van der Waals surface area contributed by atoms with Crippen molar-refractivity contribution in [3.8, 4) is 0 Å². The Morgan fingerprint density at radius 3 is 2.73 bits per heavy atom. The number of rotatable bonds is 5. The lowest BCUT2D eigenvalue weighted by atomic mass is 10.4. The van der Waals surface area contributed by atoms with Crippen LogP contribution in [0, 0.1) is 0 Å². The molecule has 11 heavy (non-hydrogen) atoms. The van der Waals surface area contributed by atoms with E-state index in [9.17, 15) is 4.79 Å². The Balaban J connectivity index is 3.04. The molecule has 0 unspecified atom stereocenters. The van der Waals surface area contributed by atoms with E-state index in [-0.39, 0.29) is 6.09 Å². The molecule has 1 amide bonds. The minimum atomic E-state index is -0.330. The average Bonchev–Trinajstić information content (AvgIpc) is 1.99. The molecule has 0 aromatic heterocycles. The zero-order chi connectivity index (χ0) is 8.53. The van der Waals surface area contributed by atoms with E-state index in [1.54, 1.807) is 6.92 Å². The molecule has 0 aliphatic rings. The Bertz CT molecular complexity index is 107. The minimum Gasteiger partial charge on any atom is -0.450 e. The van der Waals surface area contributed by atoms with E-state index in [0.717, 1.165) is 13.0 Å². The summed E-state index contributed by atoms with van der Waals surface area (Å²) < 4.78 is 4.65. The van der Waals surface area contributed by atoms with Crippen molar-refractivity contribution in [2.24, 2.45) is 0 Å². The van der Waals surface area contributed by atoms with Crippen LogP contribution in [-0.2, 0) is 4.74 Å². The second-order valence-corrected chi connectivity index (χ2v) is 2.10. The summed E-state index contributed by atoms with van der Waals surface area (Å²) in [5.74, 6) is 0. The van der Waals surface area contributed by atoms with Gasteiger partial charge in [0, 0.05) is 6.54 Å². The van der Waals surface area contributed by atoms with Crippen LogP contribution in [0.3, 0.4) is 0 Å². The van der Waals surface area contributed by atoms with Gasteiger partial charge in [-0.15, -0.1) is 0 Å². The summed E-state index contributed by atoms with van der Waals surface area (Å²) in [6.45, 7) is 3.79. The molecule has 0 rings (SSSR count). The summed E-state index contributed by atoms with van der Waals surface area (Å²) in [6.07, 6.45) is 0.596. The van der Waals surface area contributed by atoms with Gasteiger partial charge >= 0.3 is 6.09 Å². The lowest BCUT2D eigenvalue weighted by molar-refractivity contribution is 0.152. The molecule has 0 aromatic rings. The molecule has 2 N–H and O–H groups in total. The third kappa shape index (κ3) is 7.12. The molecular weight excluding hydrogens is 144 g/mol. The maximum Gasteiger partial charge on any atom is 0.407 e. The fourth-order valence-corrected chi connectivity index (χ4v) is 0.638. The van der Waals surface area contributed by atoms with Gasteiger partial charge in [-0.05, 0) is 26.9 Å². The van der Waals surface area contributed by atoms with E-state index in [4.69, 9.17) is 0 Å². The number of hydrogen-bond acceptors (Lipinski definition) is 3. The van der Waals surface area contributed by atoms with E-state index in [1.807, 2.05) is 7.05 Å². The molecule has 0 saturated heterocycles. The highest BCUT2D eigenvalue weighted by atomic mass is 16.5. The summed E-state index contributed by atoms with van der Waals surface area (Å²) in [5, 5.41) is 5.60. The van der Waals surface area contributed by atoms with Gasteiger partial charge in [0.15, 0.2) is 0 Å². The van der Waals surface area contributed by atoms with E-state index in [2.05, 4.69) is 15.4 Å². The molecular formula is C7H16N2O2. The largest absolute Gasteiger partial charge is 0.450 e. The highest BCUT2D eigenvalue weighted by Crippen LogP contribution is 1.77. The van der Waals surface area contributed by atoms with Crippen LogP contribution in [0.1, 0.15) is 13.3 Å². The molecule has 0 spiro atoms. The molecule has 0 atom stereocenters. The van der Waals surface area contributed by atoms with E-state index in [1.165, 1.54) is 0 Å². The Morgan fingerprint density at radius 2 is 2.18 bits per heavy atom. The van der Waals surface area contributed by atoms with Gasteiger partial charge in [0.1, 0.15) is 0 Å². The standard InChI is InChI=1S/C7H16N2O2/c1-3-11-7(10)9-6-4-5-8-2/h8H,3-6H2,1-2H3,(H,9,10). The second kappa shape index (κ2) is 7.34. The van der Waals surface area contributed by atoms with Crippen LogP contribution in [0.4, 0.5) is 4.79 Å². The lowest BCUT2D eigenvalue weighted by Crippen LogP contribution is -2.27. The molecule has 0 saturated carbocycles. The molecule has 66 valence electrons. The second-order valence-electron chi connectivity index (χ2n) is 2.10. The first-order valence-electron chi connectivity index (χ1n) is 3.86. The van der Waals surface area contributed by atoms with Gasteiger partial charge in [-0.2, -0.15) is 0 Å². The summed E-state index contributed by atoms with van der Waals surface area (Å²) in [7, 11) is 1.88. The van der Waals surface area contributed by atoms with Crippen molar-refractivity contribution >= 4 is 6.09 Å². The van der Waals surface area contributed by atoms with Crippen molar-refractivity contribution in [3.63, 3.8) is 0 Å². The molecule has 0 heterocycles. The number of carbonyl (C=O) groups is 1. The van der Waals surface area contributed by atoms with Gasteiger partial charge in [-0.1, -0.05) is 0 Å². The van der Waals surface area contributed by atoms with Crippen molar-refractivity contribution in [1.29, 1.82) is 0 Å². The van der Waals surface area contributed by atoms with Gasteiger partial charge in [0.25, 0.3) is 0 Å². The summed E-state index contributed by atoms with van der Waals surface area (Å²) >= 11 is 0. The number of amides is 1. The highest BCUT2D eigenvalue weighted by molar-refractivity contribution is 5.66. The van der Waals surface area contributed by atoms with Gasteiger partial charge in [0.05, 0.1) is 6.61 Å². The molecule has 0 radical (unpaired) electrons. The SMILES string of the molecule is CCOC(=O)NCCCNC. The van der Waals surface area contributed by atoms with E-state index < -0.39 is 0 Å². The Kier molecular flexibility index (Phi) is 6.82. The number of carbonyl (C=O) groups excluding carboxylic acids is 1. The monoisotopic (exact) mass is 160 g/mol. The van der Waals surface area contributed by atoms with Gasteiger partial charge in [-0.3, -0.25) is 0 Å². The van der Waals surface area contributed by atoms with Crippen molar-refractivity contribution in [3.05, 3.63) is 0 Å². The smallest absolute Gasteiger partial charge is 0.407 e. The molecule has 4 nitrogen and oxygen atoms in total. The Labute approximate surface area is 67.3 Å². The fraction of sp³-hybridized carbons (Fsp3) is 0.857. The van der Waals surface area contributed by atoms with Crippen LogP contribution in [0.2, 0.25) is 0 Å². The van der Waals surface area contributed by atoms with E-state index in [0.29, 0.717) is 13.2 Å². The minimum absolute atomic E-state index is 0.330. The quantitative estimate of drug-likeness (QED) is 0.570. The molecule has 0 aromatic carbocycles. The summed E-state index contributed by atoms with van der Waals surface area (Å²) in [5.41, 5.74) is 0. The number of hydrogen-bond donors (Lipinski definition) is 2. The third-order valence-corrected chi connectivity index (χ3v) is 1.15. The van der Waals surface area contributed by atoms with Gasteiger partial charge in [0.2, 0.25) is 0 Å². The zero-order valence-corrected chi connectivity index (χ0v) is 7.14. The van der Waals surface area contributed by atoms with Gasteiger partial charge in [-0.25, -0.2) is 4.79 Å². The van der Waals surface area contributed by atoms with Crippen molar-refractivity contribution in [1.82, 2.24) is 10.6 Å². The predicted molar refractivity (Wildman–Crippen MR) is 43.6 cm³/mol. The first-order valence-corrected chi connectivity index (χ1v) is 3.86. The lowest BCUT2D eigenvalue weighted by Gasteiger charge is -2.03. The van der Waals surface area contributed by atoms with Crippen molar-refractivity contribution in [2.75, 3.05) is 26.7 Å². The topological polar surface area (TPSA) is 50.4 Å². The van der Waals surface area contributed by atoms with Crippen LogP contribution in [0.5, 0.6) is 0 Å².